The van der Waals surface area contributed by atoms with Crippen LogP contribution in [0.15, 0.2) is 73.3 Å². The van der Waals surface area contributed by atoms with Gasteiger partial charge in [-0.1, -0.05) is 24.3 Å². The van der Waals surface area contributed by atoms with Crippen molar-refractivity contribution < 1.29 is 8.42 Å². The molecule has 4 rings (SSSR count). The summed E-state index contributed by atoms with van der Waals surface area (Å²) in [7, 11) is -4.03. The van der Waals surface area contributed by atoms with Crippen molar-refractivity contribution in [3.05, 3.63) is 58.7 Å². The average Bonchev–Trinajstić information content (AvgIpc) is 3.14. The number of aliphatic imine (C=N–C) groups is 1. The summed E-state index contributed by atoms with van der Waals surface area (Å²) < 4.78 is 24.9. The molecule has 0 spiro atoms. The van der Waals surface area contributed by atoms with E-state index >= 15 is 0 Å². The second-order valence-corrected chi connectivity index (χ2v) is 7.94. The number of primary sulfonamides is 1. The fourth-order valence-electron chi connectivity index (χ4n) is 2.97. The van der Waals surface area contributed by atoms with Gasteiger partial charge in [-0.25, -0.2) is 18.5 Å². The summed E-state index contributed by atoms with van der Waals surface area (Å²) in [6.07, 6.45) is 1.68. The van der Waals surface area contributed by atoms with E-state index in [4.69, 9.17) is 5.14 Å². The molecule has 0 fully saturated rings. The molecule has 7 nitrogen and oxygen atoms in total. The van der Waals surface area contributed by atoms with Gasteiger partial charge in [0.1, 0.15) is 4.90 Å². The van der Waals surface area contributed by atoms with E-state index < -0.39 is 10.0 Å². The first-order valence-electron chi connectivity index (χ1n) is 7.58. The Morgan fingerprint density at radius 2 is 1.85 bits per heavy atom. The maximum Gasteiger partial charge on any atom is 0.239 e. The van der Waals surface area contributed by atoms with Crippen molar-refractivity contribution in [2.75, 3.05) is 6.67 Å². The summed E-state index contributed by atoms with van der Waals surface area (Å²) in [6.45, 7) is 0.155. The Labute approximate surface area is 157 Å². The van der Waals surface area contributed by atoms with E-state index in [0.29, 0.717) is 15.6 Å². The molecule has 0 aliphatic carbocycles. The number of sulfonamides is 1. The van der Waals surface area contributed by atoms with Crippen molar-refractivity contribution >= 4 is 42.7 Å². The van der Waals surface area contributed by atoms with E-state index in [1.807, 2.05) is 36.4 Å². The number of aromatic nitrogens is 1. The summed E-state index contributed by atoms with van der Waals surface area (Å²) in [5.74, 6) is 0.242. The molecule has 2 aromatic carbocycles. The monoisotopic (exact) mass is 429 g/mol. The average molecular weight is 430 g/mol. The van der Waals surface area contributed by atoms with Crippen molar-refractivity contribution in [1.82, 2.24) is 4.98 Å². The van der Waals surface area contributed by atoms with E-state index in [1.165, 1.54) is 0 Å². The van der Waals surface area contributed by atoms with Gasteiger partial charge in [0, 0.05) is 21.6 Å². The van der Waals surface area contributed by atoms with Crippen LogP contribution < -0.4 is 5.14 Å². The molecule has 2 heterocycles. The van der Waals surface area contributed by atoms with Gasteiger partial charge < -0.3 is 0 Å². The maximum absolute atomic E-state index is 12.3. The molecule has 1 aliphatic heterocycles. The predicted octanol–water partition coefficient (Wildman–Crippen LogP) is 3.48. The Morgan fingerprint density at radius 1 is 1.04 bits per heavy atom. The first-order chi connectivity index (χ1) is 12.5. The Hall–Kier alpha value is -2.49. The number of hydrogen-bond donors (Lipinski definition) is 1. The number of halogens is 1. The first kappa shape index (κ1) is 17.0. The summed E-state index contributed by atoms with van der Waals surface area (Å²) in [5, 5.41) is 14.2. The van der Waals surface area contributed by atoms with Gasteiger partial charge in [0.15, 0.2) is 12.5 Å². The quantitative estimate of drug-likeness (QED) is 0.687. The van der Waals surface area contributed by atoms with Crippen molar-refractivity contribution in [3.8, 4) is 11.1 Å². The molecule has 1 aliphatic rings. The van der Waals surface area contributed by atoms with E-state index in [-0.39, 0.29) is 17.4 Å². The van der Waals surface area contributed by atoms with Crippen LogP contribution in [0.5, 0.6) is 0 Å². The smallest absolute Gasteiger partial charge is 0.239 e. The number of para-hydroxylation sites is 1. The highest BCUT2D eigenvalue weighted by Crippen LogP contribution is 2.37. The molecule has 1 aromatic heterocycles. The standard InChI is InChI=1S/C17H12BrN5O2S/c18-13-6-5-12(10-7-8-20-14-4-2-1-3-11(10)14)15(16(13)26(19,24)25)17-21-9-22-23-17/h1-8H,9H2,(H2,19,24,25). The number of fused-ring (bicyclic) bond motifs is 1. The molecule has 26 heavy (non-hydrogen) atoms. The van der Waals surface area contributed by atoms with Crippen molar-refractivity contribution in [2.45, 2.75) is 4.90 Å². The lowest BCUT2D eigenvalue weighted by Crippen LogP contribution is -2.18. The Morgan fingerprint density at radius 3 is 2.58 bits per heavy atom. The summed E-state index contributed by atoms with van der Waals surface area (Å²) >= 11 is 3.29. The molecule has 9 heteroatoms. The van der Waals surface area contributed by atoms with Crippen LogP contribution in [0.4, 0.5) is 0 Å². The van der Waals surface area contributed by atoms with Crippen molar-refractivity contribution in [3.63, 3.8) is 0 Å². The van der Waals surface area contributed by atoms with Crippen LogP contribution in [0.25, 0.3) is 22.0 Å². The minimum Gasteiger partial charge on any atom is -0.256 e. The summed E-state index contributed by atoms with van der Waals surface area (Å²) in [4.78, 5) is 8.51. The second kappa shape index (κ2) is 6.35. The maximum atomic E-state index is 12.3. The number of nitrogens with two attached hydrogens (primary N) is 1. The zero-order valence-corrected chi connectivity index (χ0v) is 15.7. The van der Waals surface area contributed by atoms with Crippen LogP contribution in [0.2, 0.25) is 0 Å². The van der Waals surface area contributed by atoms with E-state index in [1.54, 1.807) is 12.3 Å². The van der Waals surface area contributed by atoms with E-state index in [2.05, 4.69) is 36.1 Å². The van der Waals surface area contributed by atoms with Gasteiger partial charge in [-0.15, -0.1) is 5.11 Å². The molecule has 0 amide bonds. The van der Waals surface area contributed by atoms with Gasteiger partial charge in [0.25, 0.3) is 0 Å². The van der Waals surface area contributed by atoms with Gasteiger partial charge >= 0.3 is 0 Å². The lowest BCUT2D eigenvalue weighted by molar-refractivity contribution is 0.597. The third-order valence-corrected chi connectivity index (χ3v) is 5.92. The third kappa shape index (κ3) is 2.83. The topological polar surface area (TPSA) is 110 Å². The molecule has 0 saturated carbocycles. The third-order valence-electron chi connectivity index (χ3n) is 4.01. The van der Waals surface area contributed by atoms with Crippen LogP contribution in [-0.2, 0) is 10.0 Å². The summed E-state index contributed by atoms with van der Waals surface area (Å²) in [5.41, 5.74) is 2.59. The molecule has 130 valence electrons. The molecule has 0 radical (unpaired) electrons. The number of amidine groups is 1. The molecule has 0 atom stereocenters. The van der Waals surface area contributed by atoms with Crippen LogP contribution in [0.1, 0.15) is 5.56 Å². The molecular weight excluding hydrogens is 418 g/mol. The Bertz CT molecular complexity index is 1200. The second-order valence-electron chi connectivity index (χ2n) is 5.58. The lowest BCUT2D eigenvalue weighted by Gasteiger charge is -2.15. The number of azo groups is 1. The van der Waals surface area contributed by atoms with Crippen molar-refractivity contribution in [2.24, 2.45) is 20.4 Å². The van der Waals surface area contributed by atoms with Gasteiger partial charge in [-0.05, 0) is 45.3 Å². The molecule has 0 saturated heterocycles. The molecule has 2 N–H and O–H groups in total. The highest BCUT2D eigenvalue weighted by Gasteiger charge is 2.27. The molecule has 0 unspecified atom stereocenters. The normalized spacial score (nSPS) is 14.0. The fourth-order valence-corrected chi connectivity index (χ4v) is 4.80. The minimum atomic E-state index is -4.03. The molecule has 3 aromatic rings. The Kier molecular flexibility index (Phi) is 4.14. The van der Waals surface area contributed by atoms with Crippen LogP contribution in [0, 0.1) is 0 Å². The number of rotatable bonds is 3. The van der Waals surface area contributed by atoms with Gasteiger partial charge in [-0.2, -0.15) is 5.11 Å². The summed E-state index contributed by atoms with van der Waals surface area (Å²) in [6, 6.07) is 12.9. The number of nitrogens with zero attached hydrogens (tertiary/aromatic N) is 4. The first-order valence-corrected chi connectivity index (χ1v) is 9.92. The van der Waals surface area contributed by atoms with Gasteiger partial charge in [0.2, 0.25) is 10.0 Å². The predicted molar refractivity (Wildman–Crippen MR) is 103 cm³/mol. The Balaban J connectivity index is 2.14. The SMILES string of the molecule is NS(=O)(=O)c1c(Br)ccc(-c2ccnc3ccccc23)c1C1=NCN=N1. The highest BCUT2D eigenvalue weighted by molar-refractivity contribution is 9.10. The fraction of sp³-hybridized carbons (Fsp3) is 0.0588. The number of pyridine rings is 1. The lowest BCUT2D eigenvalue weighted by atomic mass is 9.96. The zero-order valence-electron chi connectivity index (χ0n) is 13.3. The molecular formula is C17H12BrN5O2S. The number of hydrogen-bond acceptors (Lipinski definition) is 6. The van der Waals surface area contributed by atoms with Gasteiger partial charge in [0.05, 0.1) is 5.52 Å². The van der Waals surface area contributed by atoms with Crippen molar-refractivity contribution in [1.29, 1.82) is 0 Å². The largest absolute Gasteiger partial charge is 0.256 e. The minimum absolute atomic E-state index is 0.0597. The highest BCUT2D eigenvalue weighted by atomic mass is 79.9. The van der Waals surface area contributed by atoms with Gasteiger partial charge in [-0.3, -0.25) is 4.98 Å². The molecule has 0 bridgehead atoms. The van der Waals surface area contributed by atoms with Crippen LogP contribution >= 0.6 is 15.9 Å². The van der Waals surface area contributed by atoms with Crippen LogP contribution in [-0.4, -0.2) is 25.9 Å². The van der Waals surface area contributed by atoms with E-state index in [0.717, 1.165) is 16.5 Å². The number of benzene rings is 2. The van der Waals surface area contributed by atoms with Crippen LogP contribution in [0.3, 0.4) is 0 Å². The zero-order chi connectivity index (χ0) is 18.3. The van der Waals surface area contributed by atoms with E-state index in [9.17, 15) is 8.42 Å².